The molecule has 1 fully saturated rings. The molecule has 0 spiro atoms. The summed E-state index contributed by atoms with van der Waals surface area (Å²) < 4.78 is 5.19. The highest BCUT2D eigenvalue weighted by molar-refractivity contribution is 5.82. The van der Waals surface area contributed by atoms with Gasteiger partial charge in [0, 0.05) is 12.0 Å². The van der Waals surface area contributed by atoms with Crippen LogP contribution in [0, 0.1) is 12.3 Å². The van der Waals surface area contributed by atoms with Crippen LogP contribution in [0.5, 0.6) is 0 Å². The Kier molecular flexibility index (Phi) is 2.93. The molecule has 2 heterocycles. The van der Waals surface area contributed by atoms with E-state index in [1.54, 1.807) is 6.92 Å². The molecule has 0 radical (unpaired) electrons. The van der Waals surface area contributed by atoms with Gasteiger partial charge in [-0.3, -0.25) is 4.79 Å². The first-order valence-electron chi connectivity index (χ1n) is 6.01. The van der Waals surface area contributed by atoms with Crippen molar-refractivity contribution < 1.29 is 9.32 Å². The number of nitrogens with zero attached hydrogens (tertiary/aromatic N) is 3. The molecule has 1 aromatic rings. The predicted molar refractivity (Wildman–Crippen MR) is 62.2 cm³/mol. The molecule has 1 aliphatic rings. The number of hydrogen-bond acceptors (Lipinski definition) is 4. The van der Waals surface area contributed by atoms with E-state index in [1.165, 1.54) is 0 Å². The zero-order valence-corrected chi connectivity index (χ0v) is 10.9. The van der Waals surface area contributed by atoms with Gasteiger partial charge in [0.2, 0.25) is 11.8 Å². The SMILES string of the molecule is Cc1noc(C2CCCN2C(=O)C(C)(C)C)n1. The topological polar surface area (TPSA) is 59.2 Å². The van der Waals surface area contributed by atoms with Gasteiger partial charge >= 0.3 is 0 Å². The molecule has 1 aromatic heterocycles. The summed E-state index contributed by atoms with van der Waals surface area (Å²) >= 11 is 0. The lowest BCUT2D eigenvalue weighted by atomic mass is 9.94. The van der Waals surface area contributed by atoms with E-state index in [4.69, 9.17) is 4.52 Å². The summed E-state index contributed by atoms with van der Waals surface area (Å²) in [5.41, 5.74) is -0.363. The first-order chi connectivity index (χ1) is 7.89. The van der Waals surface area contributed by atoms with Crippen LogP contribution in [-0.2, 0) is 4.79 Å². The number of aromatic nitrogens is 2. The molecular weight excluding hydrogens is 218 g/mol. The zero-order chi connectivity index (χ0) is 12.6. The predicted octanol–water partition coefficient (Wildman–Crippen LogP) is 2.09. The molecular formula is C12H19N3O2. The van der Waals surface area contributed by atoms with Crippen LogP contribution in [0.1, 0.15) is 51.4 Å². The van der Waals surface area contributed by atoms with Crippen LogP contribution >= 0.6 is 0 Å². The molecule has 1 unspecified atom stereocenters. The minimum atomic E-state index is -0.363. The Morgan fingerprint density at radius 1 is 1.47 bits per heavy atom. The molecule has 1 atom stereocenters. The Labute approximate surface area is 101 Å². The fourth-order valence-electron chi connectivity index (χ4n) is 2.15. The number of aryl methyl sites for hydroxylation is 1. The Morgan fingerprint density at radius 2 is 2.18 bits per heavy atom. The number of carbonyl (C=O) groups excluding carboxylic acids is 1. The maximum absolute atomic E-state index is 12.3. The first kappa shape index (κ1) is 12.1. The van der Waals surface area contributed by atoms with Gasteiger partial charge in [-0.15, -0.1) is 0 Å². The average Bonchev–Trinajstić information content (AvgIpc) is 2.82. The number of hydrogen-bond donors (Lipinski definition) is 0. The number of carbonyl (C=O) groups is 1. The molecule has 0 N–H and O–H groups in total. The van der Waals surface area contributed by atoms with E-state index in [9.17, 15) is 4.79 Å². The number of likely N-dealkylation sites (tertiary alicyclic amines) is 1. The molecule has 1 aliphatic heterocycles. The van der Waals surface area contributed by atoms with E-state index < -0.39 is 0 Å². The van der Waals surface area contributed by atoms with E-state index in [1.807, 2.05) is 25.7 Å². The van der Waals surface area contributed by atoms with Crippen molar-refractivity contribution in [3.8, 4) is 0 Å². The third-order valence-corrected chi connectivity index (χ3v) is 2.98. The molecule has 0 aliphatic carbocycles. The van der Waals surface area contributed by atoms with Gasteiger partial charge < -0.3 is 9.42 Å². The van der Waals surface area contributed by atoms with Crippen molar-refractivity contribution in [2.24, 2.45) is 5.41 Å². The Morgan fingerprint density at radius 3 is 2.71 bits per heavy atom. The summed E-state index contributed by atoms with van der Waals surface area (Å²) in [6.45, 7) is 8.37. The van der Waals surface area contributed by atoms with E-state index in [2.05, 4.69) is 10.1 Å². The van der Waals surface area contributed by atoms with Crippen LogP contribution < -0.4 is 0 Å². The van der Waals surface area contributed by atoms with Crippen LogP contribution in [0.25, 0.3) is 0 Å². The molecule has 1 saturated heterocycles. The summed E-state index contributed by atoms with van der Waals surface area (Å²) in [5, 5.41) is 3.79. The maximum Gasteiger partial charge on any atom is 0.249 e. The minimum Gasteiger partial charge on any atom is -0.337 e. The Bertz CT molecular complexity index is 420. The van der Waals surface area contributed by atoms with Crippen molar-refractivity contribution in [3.63, 3.8) is 0 Å². The van der Waals surface area contributed by atoms with Crippen molar-refractivity contribution in [1.29, 1.82) is 0 Å². The fourth-order valence-corrected chi connectivity index (χ4v) is 2.15. The summed E-state index contributed by atoms with van der Waals surface area (Å²) in [5.74, 6) is 1.34. The van der Waals surface area contributed by atoms with Crippen molar-refractivity contribution in [2.75, 3.05) is 6.54 Å². The van der Waals surface area contributed by atoms with Gasteiger partial charge in [-0.2, -0.15) is 4.98 Å². The summed E-state index contributed by atoms with van der Waals surface area (Å²) in [7, 11) is 0. The van der Waals surface area contributed by atoms with Gasteiger partial charge in [0.25, 0.3) is 0 Å². The summed E-state index contributed by atoms with van der Waals surface area (Å²) in [6, 6.07) is -0.0390. The van der Waals surface area contributed by atoms with Gasteiger partial charge in [0.1, 0.15) is 6.04 Å². The Hall–Kier alpha value is -1.39. The third kappa shape index (κ3) is 2.33. The molecule has 5 heteroatoms. The number of rotatable bonds is 1. The second kappa shape index (κ2) is 4.13. The quantitative estimate of drug-likeness (QED) is 0.750. The molecule has 0 saturated carbocycles. The number of amides is 1. The Balaban J connectivity index is 2.21. The molecule has 5 nitrogen and oxygen atoms in total. The van der Waals surface area contributed by atoms with E-state index in [0.29, 0.717) is 11.7 Å². The molecule has 1 amide bonds. The molecule has 94 valence electrons. The van der Waals surface area contributed by atoms with Gasteiger partial charge in [0.15, 0.2) is 5.82 Å². The van der Waals surface area contributed by atoms with E-state index in [0.717, 1.165) is 19.4 Å². The molecule has 2 rings (SSSR count). The lowest BCUT2D eigenvalue weighted by Gasteiger charge is -2.29. The monoisotopic (exact) mass is 237 g/mol. The lowest BCUT2D eigenvalue weighted by molar-refractivity contribution is -0.140. The normalized spacial score (nSPS) is 20.9. The first-order valence-corrected chi connectivity index (χ1v) is 6.01. The smallest absolute Gasteiger partial charge is 0.249 e. The van der Waals surface area contributed by atoms with Crippen molar-refractivity contribution >= 4 is 5.91 Å². The summed E-state index contributed by atoms with van der Waals surface area (Å²) in [6.07, 6.45) is 1.90. The second-order valence-corrected chi connectivity index (χ2v) is 5.59. The zero-order valence-electron chi connectivity index (χ0n) is 10.9. The minimum absolute atomic E-state index is 0.0390. The third-order valence-electron chi connectivity index (χ3n) is 2.98. The van der Waals surface area contributed by atoms with Crippen molar-refractivity contribution in [1.82, 2.24) is 15.0 Å². The van der Waals surface area contributed by atoms with Crippen LogP contribution in [0.4, 0.5) is 0 Å². The average molecular weight is 237 g/mol. The standard InChI is InChI=1S/C12H19N3O2/c1-8-13-10(17-14-8)9-6-5-7-15(9)11(16)12(2,3)4/h9H,5-7H2,1-4H3. The van der Waals surface area contributed by atoms with Gasteiger partial charge in [0.05, 0.1) is 0 Å². The molecule has 17 heavy (non-hydrogen) atoms. The second-order valence-electron chi connectivity index (χ2n) is 5.59. The van der Waals surface area contributed by atoms with Crippen LogP contribution in [-0.4, -0.2) is 27.5 Å². The molecule has 0 bridgehead atoms. The highest BCUT2D eigenvalue weighted by Gasteiger charge is 2.38. The van der Waals surface area contributed by atoms with Crippen molar-refractivity contribution in [3.05, 3.63) is 11.7 Å². The van der Waals surface area contributed by atoms with Gasteiger partial charge in [-0.1, -0.05) is 25.9 Å². The van der Waals surface area contributed by atoms with E-state index >= 15 is 0 Å². The largest absolute Gasteiger partial charge is 0.337 e. The highest BCUT2D eigenvalue weighted by atomic mass is 16.5. The van der Waals surface area contributed by atoms with Gasteiger partial charge in [-0.25, -0.2) is 0 Å². The summed E-state index contributed by atoms with van der Waals surface area (Å²) in [4.78, 5) is 18.4. The van der Waals surface area contributed by atoms with E-state index in [-0.39, 0.29) is 17.4 Å². The lowest BCUT2D eigenvalue weighted by Crippen LogP contribution is -2.39. The van der Waals surface area contributed by atoms with Crippen LogP contribution in [0.15, 0.2) is 4.52 Å². The highest BCUT2D eigenvalue weighted by Crippen LogP contribution is 2.34. The van der Waals surface area contributed by atoms with Gasteiger partial charge in [-0.05, 0) is 19.8 Å². The van der Waals surface area contributed by atoms with Crippen molar-refractivity contribution in [2.45, 2.75) is 46.6 Å². The van der Waals surface area contributed by atoms with Crippen LogP contribution in [0.2, 0.25) is 0 Å². The molecule has 0 aromatic carbocycles. The fraction of sp³-hybridized carbons (Fsp3) is 0.750. The maximum atomic E-state index is 12.3. The van der Waals surface area contributed by atoms with Crippen LogP contribution in [0.3, 0.4) is 0 Å².